The Morgan fingerprint density at radius 1 is 0.534 bits per heavy atom. The molecule has 0 aliphatic rings. The fourth-order valence-corrected chi connectivity index (χ4v) is 11.4. The van der Waals surface area contributed by atoms with Crippen molar-refractivity contribution in [2.45, 2.75) is 95.4 Å². The minimum absolute atomic E-state index is 0.0593. The molecule has 0 atom stereocenters. The van der Waals surface area contributed by atoms with E-state index < -0.39 is 41.6 Å². The number of carbonyl (C=O) groups is 2. The molecule has 0 aromatic heterocycles. The van der Waals surface area contributed by atoms with Crippen LogP contribution in [0.15, 0.2) is 51.1 Å². The summed E-state index contributed by atoms with van der Waals surface area (Å²) < 4.78 is 110. The predicted molar refractivity (Wildman–Crippen MR) is 279 cm³/mol. The van der Waals surface area contributed by atoms with Gasteiger partial charge in [0.25, 0.3) is 0 Å². The lowest BCUT2D eigenvalue weighted by Crippen LogP contribution is -2.31. The summed E-state index contributed by atoms with van der Waals surface area (Å²) in [5, 5.41) is 28.1. The van der Waals surface area contributed by atoms with E-state index in [1.54, 1.807) is 120 Å². The van der Waals surface area contributed by atoms with Crippen LogP contribution in [0, 0.1) is 41.5 Å². The smallest absolute Gasteiger partial charge is 0.308 e. The number of likely N-dealkylation sites (N-methyl/N-ethyl adjacent to an activating group) is 4. The molecule has 0 amide bonds. The Hall–Kier alpha value is -4.47. The fourth-order valence-electron chi connectivity index (χ4n) is 6.68. The normalized spacial score (nSPS) is 11.7. The van der Waals surface area contributed by atoms with Crippen LogP contribution in [0.2, 0.25) is 0 Å². The molecule has 0 radical (unpaired) electrons. The number of benzene rings is 3. The summed E-state index contributed by atoms with van der Waals surface area (Å²) >= 11 is 0. The maximum Gasteiger partial charge on any atom is 0.308 e. The first-order chi connectivity index (χ1) is 33.8. The second-order valence-electron chi connectivity index (χ2n) is 17.5. The highest BCUT2D eigenvalue weighted by atomic mass is 32.2. The molecule has 418 valence electrons. The largest absolute Gasteiger partial charge is 0.497 e. The van der Waals surface area contributed by atoms with Crippen molar-refractivity contribution in [3.05, 3.63) is 69.8 Å². The van der Waals surface area contributed by atoms with Crippen molar-refractivity contribution in [1.29, 1.82) is 0 Å². The number of hydrogen-bond donors (Lipinski definition) is 4. The topological polar surface area (TPSA) is 274 Å². The number of aryl methyl sites for hydroxylation is 6. The zero-order valence-electron chi connectivity index (χ0n) is 45.6. The van der Waals surface area contributed by atoms with Crippen LogP contribution in [0.1, 0.15) is 67.0 Å². The van der Waals surface area contributed by atoms with E-state index in [2.05, 4.69) is 5.32 Å². The highest BCUT2D eigenvalue weighted by Crippen LogP contribution is 2.30. The third kappa shape index (κ3) is 23.3. The quantitative estimate of drug-likeness (QED) is 0.0683. The number of hydrogen-bond acceptors (Lipinski definition) is 17. The molecular weight excluding hydrogens is 1010 g/mol. The molecule has 4 N–H and O–H groups in total. The molecule has 0 aliphatic carbocycles. The molecule has 3 rings (SSSR count). The van der Waals surface area contributed by atoms with Gasteiger partial charge in [0.05, 0.1) is 88.5 Å². The summed E-state index contributed by atoms with van der Waals surface area (Å²) in [6.45, 7) is 17.5. The lowest BCUT2D eigenvalue weighted by Gasteiger charge is -2.21. The molecule has 73 heavy (non-hydrogen) atoms. The molecule has 0 fully saturated rings. The SMILES string of the molecule is CNCCO.COc1cc(C)c(S(=O)(=O)N(C)CCO)c(C)c1.COc1cc(C)c(S(=O)(=O)N(C)CCOCCC(=O)O)c(C)c1.COc1cc(C)c(S(=O)(=O)N(C)CCOCCC(=O)OC(C)(C)C)c(C)c1. The fraction of sp³-hybridized carbons (Fsp3) is 0.592. The number of nitrogens with one attached hydrogen (secondary N) is 1. The van der Waals surface area contributed by atoms with Gasteiger partial charge in [-0.2, -0.15) is 12.9 Å². The first-order valence-electron chi connectivity index (χ1n) is 23.1. The predicted octanol–water partition coefficient (Wildman–Crippen LogP) is 4.23. The summed E-state index contributed by atoms with van der Waals surface area (Å²) in [5.41, 5.74) is 3.22. The van der Waals surface area contributed by atoms with Gasteiger partial charge in [-0.25, -0.2) is 25.3 Å². The van der Waals surface area contributed by atoms with Gasteiger partial charge in [0, 0.05) is 47.3 Å². The van der Waals surface area contributed by atoms with E-state index in [0.717, 1.165) is 4.31 Å². The van der Waals surface area contributed by atoms with Gasteiger partial charge in [-0.05, 0) is 139 Å². The van der Waals surface area contributed by atoms with Crippen LogP contribution >= 0.6 is 0 Å². The average Bonchev–Trinajstić information content (AvgIpc) is 3.27. The van der Waals surface area contributed by atoms with Crippen molar-refractivity contribution in [3.8, 4) is 17.2 Å². The summed E-state index contributed by atoms with van der Waals surface area (Å²) in [6, 6.07) is 10.1. The Balaban J connectivity index is 0.00000103. The number of sulfonamides is 3. The van der Waals surface area contributed by atoms with Gasteiger partial charge < -0.3 is 49.1 Å². The van der Waals surface area contributed by atoms with Gasteiger partial charge in [-0.15, -0.1) is 0 Å². The first kappa shape index (κ1) is 68.5. The Labute approximate surface area is 434 Å². The summed E-state index contributed by atoms with van der Waals surface area (Å²) in [4.78, 5) is 22.8. The highest BCUT2D eigenvalue weighted by Gasteiger charge is 2.28. The Kier molecular flexibility index (Phi) is 30.7. The molecule has 0 unspecified atom stereocenters. The third-order valence-electron chi connectivity index (χ3n) is 10.2. The number of ether oxygens (including phenoxy) is 6. The summed E-state index contributed by atoms with van der Waals surface area (Å²) in [5.74, 6) is 0.577. The zero-order valence-corrected chi connectivity index (χ0v) is 48.0. The molecule has 0 saturated heterocycles. The maximum absolute atomic E-state index is 12.9. The van der Waals surface area contributed by atoms with Crippen LogP contribution in [-0.4, -0.2) is 186 Å². The number of aliphatic carboxylic acids is 1. The third-order valence-corrected chi connectivity index (χ3v) is 16.7. The number of aliphatic hydroxyl groups excluding tert-OH is 2. The Morgan fingerprint density at radius 2 is 0.836 bits per heavy atom. The van der Waals surface area contributed by atoms with Crippen molar-refractivity contribution in [2.24, 2.45) is 0 Å². The van der Waals surface area contributed by atoms with Gasteiger partial charge in [0.15, 0.2) is 0 Å². The van der Waals surface area contributed by atoms with Crippen molar-refractivity contribution in [2.75, 3.05) is 115 Å². The highest BCUT2D eigenvalue weighted by molar-refractivity contribution is 7.89. The Bertz CT molecular complexity index is 2460. The molecule has 0 saturated carbocycles. The number of carboxylic acids is 1. The van der Waals surface area contributed by atoms with Crippen molar-refractivity contribution >= 4 is 42.0 Å². The van der Waals surface area contributed by atoms with E-state index in [0.29, 0.717) is 57.2 Å². The first-order valence-corrected chi connectivity index (χ1v) is 27.5. The van der Waals surface area contributed by atoms with Crippen LogP contribution in [-0.2, 0) is 53.9 Å². The van der Waals surface area contributed by atoms with Crippen LogP contribution < -0.4 is 19.5 Å². The monoisotopic (exact) mass is 1090 g/mol. The van der Waals surface area contributed by atoms with Gasteiger partial charge in [-0.1, -0.05) is 0 Å². The number of methoxy groups -OCH3 is 3. The van der Waals surface area contributed by atoms with Gasteiger partial charge >= 0.3 is 11.9 Å². The van der Waals surface area contributed by atoms with Crippen LogP contribution in [0.5, 0.6) is 17.2 Å². The van der Waals surface area contributed by atoms with Crippen LogP contribution in [0.25, 0.3) is 0 Å². The second kappa shape index (κ2) is 32.8. The lowest BCUT2D eigenvalue weighted by atomic mass is 10.1. The summed E-state index contributed by atoms with van der Waals surface area (Å²) in [7, 11) is -0.0106. The molecule has 0 spiro atoms. The van der Waals surface area contributed by atoms with Crippen molar-refractivity contribution < 1.29 is 78.6 Å². The second-order valence-corrected chi connectivity index (χ2v) is 23.5. The van der Waals surface area contributed by atoms with E-state index in [1.165, 1.54) is 36.9 Å². The molecule has 0 heterocycles. The molecule has 3 aromatic carbocycles. The summed E-state index contributed by atoms with van der Waals surface area (Å²) in [6.07, 6.45) is 0.0254. The van der Waals surface area contributed by atoms with E-state index in [-0.39, 0.29) is 92.8 Å². The van der Waals surface area contributed by atoms with Crippen LogP contribution in [0.3, 0.4) is 0 Å². The Morgan fingerprint density at radius 3 is 1.07 bits per heavy atom. The number of carbonyl (C=O) groups excluding carboxylic acids is 1. The number of aliphatic hydroxyl groups is 2. The van der Waals surface area contributed by atoms with Crippen molar-refractivity contribution in [3.63, 3.8) is 0 Å². The minimum atomic E-state index is -3.65. The van der Waals surface area contributed by atoms with Gasteiger partial charge in [-0.3, -0.25) is 9.59 Å². The average molecular weight is 1100 g/mol. The molecular formula is C49H82N4O17S3. The number of carboxylic acid groups (broad SMARTS) is 1. The minimum Gasteiger partial charge on any atom is -0.497 e. The van der Waals surface area contributed by atoms with E-state index in [1.807, 2.05) is 0 Å². The molecule has 0 bridgehead atoms. The molecule has 3 aromatic rings. The van der Waals surface area contributed by atoms with Gasteiger partial charge in [0.1, 0.15) is 22.8 Å². The number of nitrogens with zero attached hydrogens (tertiary/aromatic N) is 3. The number of esters is 1. The molecule has 0 aliphatic heterocycles. The van der Waals surface area contributed by atoms with E-state index in [4.69, 9.17) is 43.7 Å². The van der Waals surface area contributed by atoms with Crippen molar-refractivity contribution in [1.82, 2.24) is 18.2 Å². The number of rotatable bonds is 25. The van der Waals surface area contributed by atoms with E-state index >= 15 is 0 Å². The molecule has 24 heteroatoms. The van der Waals surface area contributed by atoms with E-state index in [9.17, 15) is 34.8 Å². The standard InChI is InChI=1S/C19H31NO6S.C15H23NO6S.C12H19NO4S.C3H9NO/c1-14-12-16(24-7)13-15(2)18(14)27(22,23)20(6)9-11-25-10-8-17(21)26-19(3,4)5;1-11-9-13(21-4)10-12(2)15(11)23(19,20)16(3)6-8-22-7-5-14(17)18;1-9-7-11(17-4)8-10(2)12(9)18(15,16)13(3)5-6-14;1-4-2-3-5/h12-13H,8-11H2,1-7H3;9-10H,5-8H2,1-4H3,(H,17,18);7-8,14H,5-6H2,1-4H3;4-5H,2-3H2,1H3. The zero-order chi connectivity index (χ0) is 56.5. The maximum atomic E-state index is 12.9. The van der Waals surface area contributed by atoms with Crippen LogP contribution in [0.4, 0.5) is 0 Å². The lowest BCUT2D eigenvalue weighted by molar-refractivity contribution is -0.156. The molecule has 21 nitrogen and oxygen atoms in total. The van der Waals surface area contributed by atoms with Gasteiger partial charge in [0.2, 0.25) is 30.1 Å².